The third-order valence-electron chi connectivity index (χ3n) is 4.61. The van der Waals surface area contributed by atoms with Gasteiger partial charge in [-0.2, -0.15) is 0 Å². The second kappa shape index (κ2) is 6.04. The molecule has 0 bridgehead atoms. The lowest BCUT2D eigenvalue weighted by atomic mass is 9.94. The third-order valence-corrected chi connectivity index (χ3v) is 4.61. The minimum absolute atomic E-state index is 0.385. The summed E-state index contributed by atoms with van der Waals surface area (Å²) in [6.07, 6.45) is 6.49. The van der Waals surface area contributed by atoms with E-state index in [4.69, 9.17) is 4.74 Å². The van der Waals surface area contributed by atoms with Crippen molar-refractivity contribution in [2.45, 2.75) is 44.6 Å². The van der Waals surface area contributed by atoms with Crippen LogP contribution in [0.4, 0.5) is 5.69 Å². The Labute approximate surface area is 122 Å². The lowest BCUT2D eigenvalue weighted by Gasteiger charge is -2.42. The van der Waals surface area contributed by atoms with Crippen LogP contribution in [0, 0.1) is 0 Å². The first-order valence-corrected chi connectivity index (χ1v) is 8.04. The number of hydrogen-bond donors (Lipinski definition) is 1. The van der Waals surface area contributed by atoms with Crippen molar-refractivity contribution in [1.29, 1.82) is 0 Å². The summed E-state index contributed by atoms with van der Waals surface area (Å²) in [6.45, 7) is 6.30. The minimum atomic E-state index is 0.385. The van der Waals surface area contributed by atoms with Gasteiger partial charge < -0.3 is 15.0 Å². The lowest BCUT2D eigenvalue weighted by molar-refractivity contribution is 0.303. The molecule has 1 aliphatic heterocycles. The van der Waals surface area contributed by atoms with E-state index < -0.39 is 0 Å². The van der Waals surface area contributed by atoms with Gasteiger partial charge in [-0.1, -0.05) is 19.8 Å². The fraction of sp³-hybridized carbons (Fsp3) is 0.647. The molecular formula is C17H26N2O. The Morgan fingerprint density at radius 2 is 1.95 bits per heavy atom. The molecule has 1 saturated heterocycles. The van der Waals surface area contributed by atoms with E-state index in [1.807, 2.05) is 0 Å². The Bertz CT molecular complexity index is 423. The summed E-state index contributed by atoms with van der Waals surface area (Å²) >= 11 is 0. The van der Waals surface area contributed by atoms with E-state index in [9.17, 15) is 0 Å². The first kappa shape index (κ1) is 13.7. The van der Waals surface area contributed by atoms with Crippen LogP contribution in [0.15, 0.2) is 24.3 Å². The number of rotatable bonds is 4. The average molecular weight is 274 g/mol. The maximum Gasteiger partial charge on any atom is 0.119 e. The summed E-state index contributed by atoms with van der Waals surface area (Å²) in [5, 5.41) is 3.77. The molecule has 110 valence electrons. The fourth-order valence-corrected chi connectivity index (χ4v) is 3.54. The molecule has 0 aromatic heterocycles. The molecule has 1 N–H and O–H groups in total. The van der Waals surface area contributed by atoms with E-state index >= 15 is 0 Å². The summed E-state index contributed by atoms with van der Waals surface area (Å²) in [5.74, 6) is 0.987. The van der Waals surface area contributed by atoms with E-state index in [2.05, 4.69) is 41.4 Å². The van der Waals surface area contributed by atoms with Crippen LogP contribution in [0.2, 0.25) is 0 Å². The lowest BCUT2D eigenvalue weighted by Crippen LogP contribution is -2.59. The van der Waals surface area contributed by atoms with Crippen LogP contribution in [0.1, 0.15) is 39.0 Å². The van der Waals surface area contributed by atoms with E-state index in [1.165, 1.54) is 31.4 Å². The third kappa shape index (κ3) is 2.93. The summed E-state index contributed by atoms with van der Waals surface area (Å²) < 4.78 is 5.66. The molecule has 1 saturated carbocycles. The van der Waals surface area contributed by atoms with Crippen LogP contribution >= 0.6 is 0 Å². The molecule has 1 heterocycles. The zero-order valence-corrected chi connectivity index (χ0v) is 12.5. The molecule has 0 radical (unpaired) electrons. The number of piperazine rings is 1. The average Bonchev–Trinajstić information content (AvgIpc) is 2.93. The molecule has 3 nitrogen and oxygen atoms in total. The predicted molar refractivity (Wildman–Crippen MR) is 83.6 cm³/mol. The van der Waals surface area contributed by atoms with Gasteiger partial charge in [0.1, 0.15) is 5.75 Å². The predicted octanol–water partition coefficient (Wildman–Crippen LogP) is 3.20. The van der Waals surface area contributed by atoms with Crippen molar-refractivity contribution in [3.8, 4) is 5.75 Å². The van der Waals surface area contributed by atoms with Gasteiger partial charge in [-0.15, -0.1) is 0 Å². The van der Waals surface area contributed by atoms with E-state index in [0.717, 1.165) is 38.4 Å². The molecule has 1 aromatic rings. The van der Waals surface area contributed by atoms with Crippen LogP contribution in [0.5, 0.6) is 5.75 Å². The summed E-state index contributed by atoms with van der Waals surface area (Å²) in [4.78, 5) is 2.53. The van der Waals surface area contributed by atoms with Gasteiger partial charge >= 0.3 is 0 Å². The maximum absolute atomic E-state index is 5.66. The monoisotopic (exact) mass is 274 g/mol. The second-order valence-electron chi connectivity index (χ2n) is 6.18. The number of hydrogen-bond acceptors (Lipinski definition) is 3. The molecule has 1 spiro atoms. The van der Waals surface area contributed by atoms with Gasteiger partial charge in [0.25, 0.3) is 0 Å². The Kier molecular flexibility index (Phi) is 4.16. The van der Waals surface area contributed by atoms with Crippen molar-refractivity contribution < 1.29 is 4.74 Å². The quantitative estimate of drug-likeness (QED) is 0.912. The normalized spacial score (nSPS) is 21.4. The minimum Gasteiger partial charge on any atom is -0.494 e. The summed E-state index contributed by atoms with van der Waals surface area (Å²) in [5.41, 5.74) is 1.72. The topological polar surface area (TPSA) is 24.5 Å². The van der Waals surface area contributed by atoms with Gasteiger partial charge in [0.2, 0.25) is 0 Å². The molecule has 0 atom stereocenters. The van der Waals surface area contributed by atoms with E-state index in [0.29, 0.717) is 5.54 Å². The molecule has 0 unspecified atom stereocenters. The second-order valence-corrected chi connectivity index (χ2v) is 6.18. The van der Waals surface area contributed by atoms with Crippen LogP contribution < -0.4 is 15.0 Å². The van der Waals surface area contributed by atoms with Crippen molar-refractivity contribution in [2.24, 2.45) is 0 Å². The number of ether oxygens (including phenoxy) is 1. The Balaban J connectivity index is 1.66. The highest BCUT2D eigenvalue weighted by molar-refractivity contribution is 5.50. The highest BCUT2D eigenvalue weighted by atomic mass is 16.5. The largest absolute Gasteiger partial charge is 0.494 e. The van der Waals surface area contributed by atoms with Crippen LogP contribution in [0.25, 0.3) is 0 Å². The Hall–Kier alpha value is -1.22. The highest BCUT2D eigenvalue weighted by Crippen LogP contribution is 2.33. The van der Waals surface area contributed by atoms with Crippen LogP contribution in [-0.4, -0.2) is 31.8 Å². The Morgan fingerprint density at radius 3 is 2.65 bits per heavy atom. The number of anilines is 1. The fourth-order valence-electron chi connectivity index (χ4n) is 3.54. The summed E-state index contributed by atoms with van der Waals surface area (Å²) in [6, 6.07) is 8.63. The first-order chi connectivity index (χ1) is 9.81. The standard InChI is InChI=1S/C17H26N2O/c1-2-13-20-16-7-5-15(6-8-16)19-12-11-18-17(14-19)9-3-4-10-17/h5-8,18H,2-4,9-14H2,1H3. The molecule has 2 fully saturated rings. The van der Waals surface area contributed by atoms with Crippen molar-refractivity contribution in [1.82, 2.24) is 5.32 Å². The van der Waals surface area contributed by atoms with E-state index in [1.54, 1.807) is 0 Å². The molecule has 3 heteroatoms. The van der Waals surface area contributed by atoms with Crippen molar-refractivity contribution in [3.63, 3.8) is 0 Å². The van der Waals surface area contributed by atoms with Crippen molar-refractivity contribution >= 4 is 5.69 Å². The molecule has 1 aromatic carbocycles. The molecular weight excluding hydrogens is 248 g/mol. The molecule has 0 amide bonds. The van der Waals surface area contributed by atoms with E-state index in [-0.39, 0.29) is 0 Å². The maximum atomic E-state index is 5.66. The van der Waals surface area contributed by atoms with Gasteiger partial charge in [0.15, 0.2) is 0 Å². The van der Waals surface area contributed by atoms with Gasteiger partial charge in [0.05, 0.1) is 6.61 Å². The SMILES string of the molecule is CCCOc1ccc(N2CCNC3(CCCC3)C2)cc1. The molecule has 2 aliphatic rings. The molecule has 20 heavy (non-hydrogen) atoms. The first-order valence-electron chi connectivity index (χ1n) is 8.04. The highest BCUT2D eigenvalue weighted by Gasteiger charge is 2.37. The van der Waals surface area contributed by atoms with Crippen LogP contribution in [-0.2, 0) is 0 Å². The van der Waals surface area contributed by atoms with Crippen LogP contribution in [0.3, 0.4) is 0 Å². The zero-order valence-electron chi connectivity index (χ0n) is 12.5. The van der Waals surface area contributed by atoms with Gasteiger partial charge in [-0.3, -0.25) is 0 Å². The zero-order chi connectivity index (χ0) is 13.8. The summed E-state index contributed by atoms with van der Waals surface area (Å²) in [7, 11) is 0. The number of nitrogens with one attached hydrogen (secondary N) is 1. The number of benzene rings is 1. The number of nitrogens with zero attached hydrogens (tertiary/aromatic N) is 1. The molecule has 3 rings (SSSR count). The smallest absolute Gasteiger partial charge is 0.119 e. The van der Waals surface area contributed by atoms with Crippen molar-refractivity contribution in [3.05, 3.63) is 24.3 Å². The molecule has 1 aliphatic carbocycles. The van der Waals surface area contributed by atoms with Gasteiger partial charge in [0, 0.05) is 30.9 Å². The van der Waals surface area contributed by atoms with Gasteiger partial charge in [-0.05, 0) is 43.5 Å². The van der Waals surface area contributed by atoms with Gasteiger partial charge in [-0.25, -0.2) is 0 Å². The van der Waals surface area contributed by atoms with Crippen molar-refractivity contribution in [2.75, 3.05) is 31.1 Å². The Morgan fingerprint density at radius 1 is 1.20 bits per heavy atom.